The van der Waals surface area contributed by atoms with Gasteiger partial charge in [0, 0.05) is 23.7 Å². The standard InChI is InChI=1S/C14H23ClN2/c1-4-14(5-2,11-16)17(3)10-12-8-6-7-9-13(12)15/h6-9H,4-5,10-11,16H2,1-3H3. The average molecular weight is 255 g/mol. The van der Waals surface area contributed by atoms with Crippen LogP contribution in [-0.2, 0) is 6.54 Å². The van der Waals surface area contributed by atoms with Crippen LogP contribution in [0, 0.1) is 0 Å². The number of hydrogen-bond acceptors (Lipinski definition) is 2. The number of nitrogens with two attached hydrogens (primary N) is 1. The van der Waals surface area contributed by atoms with E-state index < -0.39 is 0 Å². The summed E-state index contributed by atoms with van der Waals surface area (Å²) in [5.41, 5.74) is 7.19. The van der Waals surface area contributed by atoms with E-state index in [2.05, 4.69) is 31.9 Å². The van der Waals surface area contributed by atoms with Gasteiger partial charge in [-0.25, -0.2) is 0 Å². The lowest BCUT2D eigenvalue weighted by molar-refractivity contribution is 0.108. The summed E-state index contributed by atoms with van der Waals surface area (Å²) in [5.74, 6) is 0. The van der Waals surface area contributed by atoms with E-state index in [-0.39, 0.29) is 5.54 Å². The number of likely N-dealkylation sites (N-methyl/N-ethyl adjacent to an activating group) is 1. The van der Waals surface area contributed by atoms with Crippen LogP contribution in [0.25, 0.3) is 0 Å². The molecule has 3 heteroatoms. The van der Waals surface area contributed by atoms with E-state index in [0.717, 1.165) is 30.0 Å². The van der Waals surface area contributed by atoms with Crippen molar-refractivity contribution in [1.29, 1.82) is 0 Å². The fourth-order valence-electron chi connectivity index (χ4n) is 2.28. The molecule has 1 aromatic carbocycles. The number of nitrogens with zero attached hydrogens (tertiary/aromatic N) is 1. The van der Waals surface area contributed by atoms with E-state index in [1.807, 2.05) is 18.2 Å². The van der Waals surface area contributed by atoms with Gasteiger partial charge in [-0.2, -0.15) is 0 Å². The van der Waals surface area contributed by atoms with Crippen LogP contribution in [0.4, 0.5) is 0 Å². The second-order valence-electron chi connectivity index (χ2n) is 4.58. The van der Waals surface area contributed by atoms with E-state index in [0.29, 0.717) is 6.54 Å². The van der Waals surface area contributed by atoms with E-state index in [1.165, 1.54) is 0 Å². The van der Waals surface area contributed by atoms with Crippen LogP contribution in [-0.4, -0.2) is 24.0 Å². The molecule has 0 fully saturated rings. The Kier molecular flexibility index (Phi) is 5.44. The molecule has 0 aromatic heterocycles. The van der Waals surface area contributed by atoms with Crippen LogP contribution in [0.1, 0.15) is 32.3 Å². The Labute approximate surface area is 110 Å². The Morgan fingerprint density at radius 2 is 1.82 bits per heavy atom. The summed E-state index contributed by atoms with van der Waals surface area (Å²) in [6, 6.07) is 8.00. The predicted molar refractivity (Wildman–Crippen MR) is 75.3 cm³/mol. The second-order valence-corrected chi connectivity index (χ2v) is 4.99. The molecule has 0 heterocycles. The molecule has 1 rings (SSSR count). The maximum absolute atomic E-state index is 6.19. The van der Waals surface area contributed by atoms with Gasteiger partial charge in [0.15, 0.2) is 0 Å². The Morgan fingerprint density at radius 1 is 1.24 bits per heavy atom. The minimum Gasteiger partial charge on any atom is -0.329 e. The lowest BCUT2D eigenvalue weighted by atomic mass is 9.90. The van der Waals surface area contributed by atoms with E-state index in [1.54, 1.807) is 0 Å². The summed E-state index contributed by atoms with van der Waals surface area (Å²) in [5, 5.41) is 0.831. The maximum atomic E-state index is 6.19. The normalized spacial score (nSPS) is 12.1. The smallest absolute Gasteiger partial charge is 0.0451 e. The zero-order chi connectivity index (χ0) is 12.9. The third kappa shape index (κ3) is 3.21. The van der Waals surface area contributed by atoms with Gasteiger partial charge < -0.3 is 5.73 Å². The lowest BCUT2D eigenvalue weighted by Crippen LogP contribution is -2.50. The zero-order valence-electron chi connectivity index (χ0n) is 11.0. The Morgan fingerprint density at radius 3 is 2.29 bits per heavy atom. The van der Waals surface area contributed by atoms with Crippen LogP contribution in [0.15, 0.2) is 24.3 Å². The average Bonchev–Trinajstić information content (AvgIpc) is 2.35. The summed E-state index contributed by atoms with van der Waals surface area (Å²) in [4.78, 5) is 2.33. The molecule has 17 heavy (non-hydrogen) atoms. The highest BCUT2D eigenvalue weighted by atomic mass is 35.5. The lowest BCUT2D eigenvalue weighted by Gasteiger charge is -2.40. The molecule has 0 spiro atoms. The quantitative estimate of drug-likeness (QED) is 0.844. The monoisotopic (exact) mass is 254 g/mol. The molecule has 0 bridgehead atoms. The highest BCUT2D eigenvalue weighted by molar-refractivity contribution is 6.31. The number of rotatable bonds is 6. The highest BCUT2D eigenvalue weighted by Crippen LogP contribution is 2.25. The van der Waals surface area contributed by atoms with Gasteiger partial charge in [-0.3, -0.25) is 4.90 Å². The fourth-order valence-corrected chi connectivity index (χ4v) is 2.48. The van der Waals surface area contributed by atoms with Crippen molar-refractivity contribution in [2.75, 3.05) is 13.6 Å². The second kappa shape index (κ2) is 6.39. The first kappa shape index (κ1) is 14.5. The van der Waals surface area contributed by atoms with Crippen molar-refractivity contribution in [2.45, 2.75) is 38.8 Å². The SMILES string of the molecule is CCC(CC)(CN)N(C)Cc1ccccc1Cl. The van der Waals surface area contributed by atoms with Crippen molar-refractivity contribution in [2.24, 2.45) is 5.73 Å². The number of halogens is 1. The van der Waals surface area contributed by atoms with Crippen molar-refractivity contribution < 1.29 is 0 Å². The minimum atomic E-state index is 0.0825. The molecule has 0 saturated carbocycles. The fraction of sp³-hybridized carbons (Fsp3) is 0.571. The van der Waals surface area contributed by atoms with Crippen molar-refractivity contribution in [3.8, 4) is 0 Å². The van der Waals surface area contributed by atoms with Crippen LogP contribution < -0.4 is 5.73 Å². The molecule has 0 radical (unpaired) electrons. The Bertz CT molecular complexity index is 340. The van der Waals surface area contributed by atoms with Gasteiger partial charge in [0.1, 0.15) is 0 Å². The van der Waals surface area contributed by atoms with E-state index >= 15 is 0 Å². The molecule has 0 amide bonds. The molecule has 1 aromatic rings. The van der Waals surface area contributed by atoms with Gasteiger partial charge in [-0.1, -0.05) is 43.6 Å². The number of hydrogen-bond donors (Lipinski definition) is 1. The minimum absolute atomic E-state index is 0.0825. The van der Waals surface area contributed by atoms with Crippen LogP contribution in [0.5, 0.6) is 0 Å². The third-order valence-corrected chi connectivity index (χ3v) is 4.24. The van der Waals surface area contributed by atoms with Crippen LogP contribution in [0.2, 0.25) is 5.02 Å². The largest absolute Gasteiger partial charge is 0.329 e. The zero-order valence-corrected chi connectivity index (χ0v) is 11.8. The summed E-state index contributed by atoms with van der Waals surface area (Å²) in [6.07, 6.45) is 2.11. The molecule has 96 valence electrons. The molecule has 0 aliphatic rings. The van der Waals surface area contributed by atoms with Gasteiger partial charge in [0.2, 0.25) is 0 Å². The number of benzene rings is 1. The van der Waals surface area contributed by atoms with Crippen molar-refractivity contribution in [3.05, 3.63) is 34.9 Å². The molecule has 0 unspecified atom stereocenters. The molecule has 0 aliphatic heterocycles. The van der Waals surface area contributed by atoms with Crippen molar-refractivity contribution in [1.82, 2.24) is 4.90 Å². The van der Waals surface area contributed by atoms with Crippen molar-refractivity contribution >= 4 is 11.6 Å². The summed E-state index contributed by atoms with van der Waals surface area (Å²) in [7, 11) is 2.13. The molecular weight excluding hydrogens is 232 g/mol. The van der Waals surface area contributed by atoms with Crippen LogP contribution in [0.3, 0.4) is 0 Å². The first-order valence-electron chi connectivity index (χ1n) is 6.24. The summed E-state index contributed by atoms with van der Waals surface area (Å²) >= 11 is 6.19. The van der Waals surface area contributed by atoms with Crippen molar-refractivity contribution in [3.63, 3.8) is 0 Å². The maximum Gasteiger partial charge on any atom is 0.0451 e. The van der Waals surface area contributed by atoms with Gasteiger partial charge in [0.25, 0.3) is 0 Å². The topological polar surface area (TPSA) is 29.3 Å². The Balaban J connectivity index is 2.84. The van der Waals surface area contributed by atoms with Gasteiger partial charge >= 0.3 is 0 Å². The molecule has 2 nitrogen and oxygen atoms in total. The van der Waals surface area contributed by atoms with Gasteiger partial charge in [-0.05, 0) is 31.5 Å². The molecule has 0 saturated heterocycles. The molecule has 0 aliphatic carbocycles. The Hall–Kier alpha value is -0.570. The van der Waals surface area contributed by atoms with Crippen LogP contribution >= 0.6 is 11.6 Å². The summed E-state index contributed by atoms with van der Waals surface area (Å²) in [6.45, 7) is 5.92. The van der Waals surface area contributed by atoms with E-state index in [4.69, 9.17) is 17.3 Å². The molecule has 0 atom stereocenters. The highest BCUT2D eigenvalue weighted by Gasteiger charge is 2.29. The first-order chi connectivity index (χ1) is 8.09. The third-order valence-electron chi connectivity index (χ3n) is 3.87. The summed E-state index contributed by atoms with van der Waals surface area (Å²) < 4.78 is 0. The molecule has 2 N–H and O–H groups in total. The van der Waals surface area contributed by atoms with E-state index in [9.17, 15) is 0 Å². The van der Waals surface area contributed by atoms with Gasteiger partial charge in [0.05, 0.1) is 0 Å². The van der Waals surface area contributed by atoms with Gasteiger partial charge in [-0.15, -0.1) is 0 Å². The predicted octanol–water partition coefficient (Wildman–Crippen LogP) is 3.29. The first-order valence-corrected chi connectivity index (χ1v) is 6.62. The molecular formula is C14H23ClN2.